The third-order valence-electron chi connectivity index (χ3n) is 5.16. The summed E-state index contributed by atoms with van der Waals surface area (Å²) >= 11 is 0. The number of unbranched alkanes of at least 4 members (excludes halogenated alkanes) is 1. The van der Waals surface area contributed by atoms with E-state index < -0.39 is 0 Å². The summed E-state index contributed by atoms with van der Waals surface area (Å²) in [4.78, 5) is 9.84. The van der Waals surface area contributed by atoms with Crippen molar-refractivity contribution in [1.82, 2.24) is 14.9 Å². The summed E-state index contributed by atoms with van der Waals surface area (Å²) < 4.78 is 0. The zero-order valence-electron chi connectivity index (χ0n) is 15.3. The van der Waals surface area contributed by atoms with Gasteiger partial charge in [-0.2, -0.15) is 0 Å². The SMILES string of the molecule is C=C(Nc1ccc(C)cc1)C1CCN(CCCCc2cnc[nH]2)CC1. The Labute approximate surface area is 151 Å². The fourth-order valence-corrected chi connectivity index (χ4v) is 3.50. The number of imidazole rings is 1. The minimum absolute atomic E-state index is 0.586. The van der Waals surface area contributed by atoms with Crippen molar-refractivity contribution in [2.24, 2.45) is 5.92 Å². The molecule has 0 atom stereocenters. The summed E-state index contributed by atoms with van der Waals surface area (Å²) in [6.45, 7) is 9.98. The maximum absolute atomic E-state index is 4.29. The lowest BCUT2D eigenvalue weighted by molar-refractivity contribution is 0.196. The lowest BCUT2D eigenvalue weighted by atomic mass is 9.93. The monoisotopic (exact) mass is 338 g/mol. The maximum Gasteiger partial charge on any atom is 0.0921 e. The predicted molar refractivity (Wildman–Crippen MR) is 105 cm³/mol. The summed E-state index contributed by atoms with van der Waals surface area (Å²) in [7, 11) is 0. The van der Waals surface area contributed by atoms with Gasteiger partial charge in [0.25, 0.3) is 0 Å². The molecule has 134 valence electrons. The summed E-state index contributed by atoms with van der Waals surface area (Å²) in [5.74, 6) is 0.586. The van der Waals surface area contributed by atoms with Crippen LogP contribution in [0, 0.1) is 12.8 Å². The molecule has 0 aliphatic carbocycles. The van der Waals surface area contributed by atoms with Crippen molar-refractivity contribution in [2.45, 2.75) is 39.0 Å². The Hall–Kier alpha value is -2.07. The first-order valence-electron chi connectivity index (χ1n) is 9.43. The molecule has 2 aromatic rings. The number of likely N-dealkylation sites (tertiary alicyclic amines) is 1. The van der Waals surface area contributed by atoms with E-state index in [-0.39, 0.29) is 0 Å². The molecule has 1 aliphatic rings. The molecular formula is C21H30N4. The molecule has 0 bridgehead atoms. The number of aryl methyl sites for hydroxylation is 2. The van der Waals surface area contributed by atoms with Gasteiger partial charge in [-0.1, -0.05) is 24.3 Å². The van der Waals surface area contributed by atoms with Crippen LogP contribution in [-0.2, 0) is 6.42 Å². The van der Waals surface area contributed by atoms with Crippen LogP contribution in [0.3, 0.4) is 0 Å². The van der Waals surface area contributed by atoms with Crippen LogP contribution in [0.15, 0.2) is 49.1 Å². The van der Waals surface area contributed by atoms with Crippen molar-refractivity contribution in [3.05, 3.63) is 60.3 Å². The zero-order valence-corrected chi connectivity index (χ0v) is 15.3. The van der Waals surface area contributed by atoms with Crippen molar-refractivity contribution in [3.63, 3.8) is 0 Å². The van der Waals surface area contributed by atoms with Crippen LogP contribution in [0.25, 0.3) is 0 Å². The number of nitrogens with one attached hydrogen (secondary N) is 2. The van der Waals surface area contributed by atoms with E-state index in [1.807, 2.05) is 6.20 Å². The highest BCUT2D eigenvalue weighted by molar-refractivity contribution is 5.49. The van der Waals surface area contributed by atoms with Gasteiger partial charge in [-0.05, 0) is 70.8 Å². The number of aromatic amines is 1. The molecule has 2 N–H and O–H groups in total. The van der Waals surface area contributed by atoms with E-state index in [1.54, 1.807) is 6.33 Å². The van der Waals surface area contributed by atoms with E-state index >= 15 is 0 Å². The van der Waals surface area contributed by atoms with E-state index in [0.717, 1.165) is 12.1 Å². The highest BCUT2D eigenvalue weighted by atomic mass is 15.1. The minimum Gasteiger partial charge on any atom is -0.359 e. The van der Waals surface area contributed by atoms with Crippen LogP contribution in [0.1, 0.15) is 36.9 Å². The van der Waals surface area contributed by atoms with Gasteiger partial charge in [-0.15, -0.1) is 0 Å². The fourth-order valence-electron chi connectivity index (χ4n) is 3.50. The molecule has 25 heavy (non-hydrogen) atoms. The number of allylic oxidation sites excluding steroid dienone is 1. The number of hydrogen-bond donors (Lipinski definition) is 2. The van der Waals surface area contributed by atoms with Gasteiger partial charge in [0.05, 0.1) is 6.33 Å². The Morgan fingerprint density at radius 1 is 1.24 bits per heavy atom. The van der Waals surface area contributed by atoms with Crippen LogP contribution in [0.4, 0.5) is 5.69 Å². The molecule has 1 aromatic carbocycles. The Morgan fingerprint density at radius 3 is 2.68 bits per heavy atom. The van der Waals surface area contributed by atoms with E-state index in [2.05, 4.69) is 58.0 Å². The van der Waals surface area contributed by atoms with E-state index in [0.29, 0.717) is 5.92 Å². The summed E-state index contributed by atoms with van der Waals surface area (Å²) in [6.07, 6.45) is 9.69. The second-order valence-electron chi connectivity index (χ2n) is 7.17. The molecule has 0 unspecified atom stereocenters. The number of anilines is 1. The van der Waals surface area contributed by atoms with Gasteiger partial charge in [-0.25, -0.2) is 4.98 Å². The first-order chi connectivity index (χ1) is 12.2. The average Bonchev–Trinajstić information content (AvgIpc) is 3.15. The van der Waals surface area contributed by atoms with Crippen molar-refractivity contribution in [1.29, 1.82) is 0 Å². The summed E-state index contributed by atoms with van der Waals surface area (Å²) in [5.41, 5.74) is 4.86. The standard InChI is InChI=1S/C21H30N4/c1-17-6-8-20(9-7-17)24-18(2)19-10-13-25(14-11-19)12-4-3-5-21-15-22-16-23-21/h6-9,15-16,19,24H,2-5,10-14H2,1H3,(H,22,23). The lowest BCUT2D eigenvalue weighted by Crippen LogP contribution is -2.35. The molecule has 0 saturated carbocycles. The van der Waals surface area contributed by atoms with Crippen LogP contribution in [-0.4, -0.2) is 34.5 Å². The predicted octanol–water partition coefficient (Wildman–Crippen LogP) is 4.38. The van der Waals surface area contributed by atoms with E-state index in [1.165, 1.54) is 62.3 Å². The largest absolute Gasteiger partial charge is 0.359 e. The average molecular weight is 338 g/mol. The number of piperidine rings is 1. The Kier molecular flexibility index (Phi) is 6.29. The molecule has 0 amide bonds. The molecule has 3 rings (SSSR count). The van der Waals surface area contributed by atoms with Crippen molar-refractivity contribution in [2.75, 3.05) is 25.0 Å². The third kappa shape index (κ3) is 5.46. The van der Waals surface area contributed by atoms with Gasteiger partial charge < -0.3 is 15.2 Å². The van der Waals surface area contributed by atoms with Crippen molar-refractivity contribution >= 4 is 5.69 Å². The Balaban J connectivity index is 1.33. The molecule has 4 heteroatoms. The van der Waals surface area contributed by atoms with E-state index in [9.17, 15) is 0 Å². The number of benzene rings is 1. The van der Waals surface area contributed by atoms with Gasteiger partial charge >= 0.3 is 0 Å². The molecule has 1 aromatic heterocycles. The van der Waals surface area contributed by atoms with Gasteiger partial charge in [-0.3, -0.25) is 0 Å². The molecular weight excluding hydrogens is 308 g/mol. The highest BCUT2D eigenvalue weighted by Gasteiger charge is 2.21. The highest BCUT2D eigenvalue weighted by Crippen LogP contribution is 2.25. The number of aromatic nitrogens is 2. The van der Waals surface area contributed by atoms with Crippen LogP contribution >= 0.6 is 0 Å². The van der Waals surface area contributed by atoms with Crippen LogP contribution in [0.2, 0.25) is 0 Å². The first-order valence-corrected chi connectivity index (χ1v) is 9.43. The zero-order chi connectivity index (χ0) is 17.5. The molecule has 0 radical (unpaired) electrons. The molecule has 1 saturated heterocycles. The van der Waals surface area contributed by atoms with Crippen molar-refractivity contribution in [3.8, 4) is 0 Å². The van der Waals surface area contributed by atoms with E-state index in [4.69, 9.17) is 0 Å². The minimum atomic E-state index is 0.586. The van der Waals surface area contributed by atoms with Crippen LogP contribution < -0.4 is 5.32 Å². The van der Waals surface area contributed by atoms with Gasteiger partial charge in [0, 0.05) is 29.2 Å². The van der Waals surface area contributed by atoms with Gasteiger partial charge in [0.1, 0.15) is 0 Å². The maximum atomic E-state index is 4.29. The molecule has 2 heterocycles. The normalized spacial score (nSPS) is 16.0. The number of H-pyrrole nitrogens is 1. The first kappa shape index (κ1) is 17.7. The van der Waals surface area contributed by atoms with Crippen LogP contribution in [0.5, 0.6) is 0 Å². The van der Waals surface area contributed by atoms with Gasteiger partial charge in [0.15, 0.2) is 0 Å². The lowest BCUT2D eigenvalue weighted by Gasteiger charge is -2.33. The second-order valence-corrected chi connectivity index (χ2v) is 7.17. The number of rotatable bonds is 8. The number of nitrogens with zero attached hydrogens (tertiary/aromatic N) is 2. The molecule has 4 nitrogen and oxygen atoms in total. The Morgan fingerprint density at radius 2 is 2.00 bits per heavy atom. The smallest absolute Gasteiger partial charge is 0.0921 e. The topological polar surface area (TPSA) is 44.0 Å². The summed E-state index contributed by atoms with van der Waals surface area (Å²) in [5, 5.41) is 3.50. The molecule has 0 spiro atoms. The fraction of sp³-hybridized carbons (Fsp3) is 0.476. The van der Waals surface area contributed by atoms with Crippen molar-refractivity contribution < 1.29 is 0 Å². The molecule has 1 aliphatic heterocycles. The quantitative estimate of drug-likeness (QED) is 0.702. The Bertz CT molecular complexity index is 637. The molecule has 1 fully saturated rings. The second kappa shape index (κ2) is 8.86. The summed E-state index contributed by atoms with van der Waals surface area (Å²) in [6, 6.07) is 8.55. The van der Waals surface area contributed by atoms with Gasteiger partial charge in [0.2, 0.25) is 0 Å². The third-order valence-corrected chi connectivity index (χ3v) is 5.16. The number of hydrogen-bond acceptors (Lipinski definition) is 3.